The zero-order chi connectivity index (χ0) is 9.07. The molecule has 0 aromatic rings. The molecule has 0 amide bonds. The molecule has 11 heavy (non-hydrogen) atoms. The average Bonchev–Trinajstić information content (AvgIpc) is 1.86. The molecule has 2 unspecified atom stereocenters. The van der Waals surface area contributed by atoms with E-state index in [1.807, 2.05) is 0 Å². The van der Waals surface area contributed by atoms with Crippen molar-refractivity contribution in [3.05, 3.63) is 0 Å². The topological polar surface area (TPSA) is 12.0 Å². The van der Waals surface area contributed by atoms with Crippen LogP contribution in [0.1, 0.15) is 34.1 Å². The maximum atomic E-state index is 3.43. The minimum atomic E-state index is 0.518. The average molecular weight is 173 g/mol. The van der Waals surface area contributed by atoms with Crippen molar-refractivity contribution in [1.82, 2.24) is 5.32 Å². The van der Waals surface area contributed by atoms with Gasteiger partial charge in [0.05, 0.1) is 0 Å². The summed E-state index contributed by atoms with van der Waals surface area (Å²) in [6.07, 6.45) is 1.27. The van der Waals surface area contributed by atoms with Crippen molar-refractivity contribution >= 4 is 10.2 Å². The first kappa shape index (κ1) is 11.2. The summed E-state index contributed by atoms with van der Waals surface area (Å²) >= 11 is 0. The molecule has 0 spiro atoms. The molecular weight excluding hydrogens is 150 g/mol. The van der Waals surface area contributed by atoms with E-state index in [0.29, 0.717) is 11.1 Å². The highest BCUT2D eigenvalue weighted by molar-refractivity contribution is 6.15. The van der Waals surface area contributed by atoms with Gasteiger partial charge >= 0.3 is 0 Å². The molecule has 0 fully saturated rings. The van der Waals surface area contributed by atoms with Gasteiger partial charge in [0.25, 0.3) is 0 Å². The Kier molecular flexibility index (Phi) is 4.33. The highest BCUT2D eigenvalue weighted by atomic mass is 28.1. The summed E-state index contributed by atoms with van der Waals surface area (Å²) in [5.41, 5.74) is 0. The number of hydrogen-bond acceptors (Lipinski definition) is 1. The van der Waals surface area contributed by atoms with Crippen LogP contribution in [0.5, 0.6) is 0 Å². The molecule has 0 radical (unpaired) electrons. The van der Waals surface area contributed by atoms with Crippen LogP contribution in [0.25, 0.3) is 0 Å². The van der Waals surface area contributed by atoms with Crippen molar-refractivity contribution in [1.29, 1.82) is 0 Å². The van der Waals surface area contributed by atoms with Crippen LogP contribution in [0.15, 0.2) is 0 Å². The Morgan fingerprint density at radius 3 is 2.00 bits per heavy atom. The van der Waals surface area contributed by atoms with Gasteiger partial charge in [0.1, 0.15) is 0 Å². The number of hydrogen-bond donors (Lipinski definition) is 1. The Morgan fingerprint density at radius 2 is 1.91 bits per heavy atom. The molecule has 0 heterocycles. The third-order valence-corrected chi connectivity index (χ3v) is 3.08. The lowest BCUT2D eigenvalue weighted by molar-refractivity contribution is 0.322. The summed E-state index contributed by atoms with van der Waals surface area (Å²) < 4.78 is 0. The minimum absolute atomic E-state index is 0.518. The van der Waals surface area contributed by atoms with Crippen LogP contribution in [-0.4, -0.2) is 23.3 Å². The van der Waals surface area contributed by atoms with Crippen molar-refractivity contribution in [3.8, 4) is 0 Å². The van der Waals surface area contributed by atoms with Crippen LogP contribution in [0.4, 0.5) is 0 Å². The molecule has 0 aromatic heterocycles. The minimum Gasteiger partial charge on any atom is -0.317 e. The van der Waals surface area contributed by atoms with E-state index in [2.05, 4.69) is 40.1 Å². The standard InChI is InChI=1S/C9H23NSi/c1-6-7(2)8(10-5)9(3,4)11/h7-8,10H,6H2,1-5,11H3. The first-order chi connectivity index (χ1) is 4.93. The third kappa shape index (κ3) is 3.39. The lowest BCUT2D eigenvalue weighted by Gasteiger charge is -2.35. The predicted molar refractivity (Wildman–Crippen MR) is 56.3 cm³/mol. The van der Waals surface area contributed by atoms with E-state index in [4.69, 9.17) is 0 Å². The van der Waals surface area contributed by atoms with E-state index in [-0.39, 0.29) is 0 Å². The highest BCUT2D eigenvalue weighted by Crippen LogP contribution is 2.30. The van der Waals surface area contributed by atoms with Crippen LogP contribution in [0.3, 0.4) is 0 Å². The lowest BCUT2D eigenvalue weighted by Crippen LogP contribution is -2.40. The fraction of sp³-hybridized carbons (Fsp3) is 1.00. The van der Waals surface area contributed by atoms with Gasteiger partial charge in [0, 0.05) is 16.3 Å². The van der Waals surface area contributed by atoms with Gasteiger partial charge in [-0.15, -0.1) is 0 Å². The van der Waals surface area contributed by atoms with Crippen molar-refractivity contribution in [2.24, 2.45) is 5.92 Å². The fourth-order valence-electron chi connectivity index (χ4n) is 1.81. The Morgan fingerprint density at radius 1 is 1.45 bits per heavy atom. The summed E-state index contributed by atoms with van der Waals surface area (Å²) in [6.45, 7) is 9.31. The van der Waals surface area contributed by atoms with Gasteiger partial charge in [-0.25, -0.2) is 0 Å². The summed E-state index contributed by atoms with van der Waals surface area (Å²) in [5, 5.41) is 3.95. The fourth-order valence-corrected chi connectivity index (χ4v) is 2.66. The normalized spacial score (nSPS) is 18.3. The SMILES string of the molecule is CCC(C)C(NC)C(C)(C)[SiH3]. The smallest absolute Gasteiger partial charge is 0.0119 e. The second-order valence-corrected chi connectivity index (χ2v) is 7.10. The predicted octanol–water partition coefficient (Wildman–Crippen LogP) is 1.18. The Bertz CT molecular complexity index is 107. The Hall–Kier alpha value is 0.177. The molecule has 1 N–H and O–H groups in total. The first-order valence-electron chi connectivity index (χ1n) is 4.60. The molecule has 2 heteroatoms. The molecule has 0 saturated heterocycles. The molecule has 0 rings (SSSR count). The van der Waals surface area contributed by atoms with Crippen LogP contribution >= 0.6 is 0 Å². The molecule has 0 aliphatic carbocycles. The molecular formula is C9H23NSi. The van der Waals surface area contributed by atoms with E-state index >= 15 is 0 Å². The van der Waals surface area contributed by atoms with Crippen LogP contribution in [0.2, 0.25) is 5.04 Å². The van der Waals surface area contributed by atoms with Gasteiger partial charge in [-0.1, -0.05) is 34.1 Å². The van der Waals surface area contributed by atoms with Crippen molar-refractivity contribution in [2.75, 3.05) is 7.05 Å². The van der Waals surface area contributed by atoms with E-state index in [9.17, 15) is 0 Å². The first-order valence-corrected chi connectivity index (χ1v) is 5.60. The zero-order valence-corrected chi connectivity index (χ0v) is 10.9. The van der Waals surface area contributed by atoms with Crippen molar-refractivity contribution in [2.45, 2.75) is 45.2 Å². The molecule has 2 atom stereocenters. The van der Waals surface area contributed by atoms with Crippen molar-refractivity contribution < 1.29 is 0 Å². The molecule has 0 aliphatic heterocycles. The third-order valence-electron chi connectivity index (χ3n) is 2.46. The molecule has 68 valence electrons. The van der Waals surface area contributed by atoms with Gasteiger partial charge in [-0.2, -0.15) is 0 Å². The Labute approximate surface area is 74.4 Å². The molecule has 0 aliphatic rings. The highest BCUT2D eigenvalue weighted by Gasteiger charge is 2.26. The van der Waals surface area contributed by atoms with E-state index in [1.165, 1.54) is 16.7 Å². The van der Waals surface area contributed by atoms with E-state index in [0.717, 1.165) is 5.92 Å². The largest absolute Gasteiger partial charge is 0.317 e. The van der Waals surface area contributed by atoms with Gasteiger partial charge in [-0.3, -0.25) is 0 Å². The zero-order valence-electron chi connectivity index (χ0n) is 8.86. The quantitative estimate of drug-likeness (QED) is 0.630. The summed E-state index contributed by atoms with van der Waals surface area (Å²) in [5.74, 6) is 0.799. The van der Waals surface area contributed by atoms with Crippen LogP contribution < -0.4 is 5.32 Å². The number of rotatable bonds is 4. The van der Waals surface area contributed by atoms with Gasteiger partial charge in [0.2, 0.25) is 0 Å². The molecule has 0 bridgehead atoms. The van der Waals surface area contributed by atoms with Gasteiger partial charge in [0.15, 0.2) is 0 Å². The summed E-state index contributed by atoms with van der Waals surface area (Å²) in [6, 6.07) is 0.694. The van der Waals surface area contributed by atoms with Crippen LogP contribution in [0, 0.1) is 5.92 Å². The second kappa shape index (κ2) is 4.26. The Balaban J connectivity index is 4.16. The second-order valence-electron chi connectivity index (χ2n) is 4.52. The molecule has 1 nitrogen and oxygen atoms in total. The van der Waals surface area contributed by atoms with Gasteiger partial charge in [-0.05, 0) is 18.0 Å². The number of nitrogens with one attached hydrogen (secondary N) is 1. The van der Waals surface area contributed by atoms with Crippen molar-refractivity contribution in [3.63, 3.8) is 0 Å². The van der Waals surface area contributed by atoms with E-state index < -0.39 is 0 Å². The maximum Gasteiger partial charge on any atom is 0.0119 e. The van der Waals surface area contributed by atoms with Gasteiger partial charge < -0.3 is 5.32 Å². The summed E-state index contributed by atoms with van der Waals surface area (Å²) in [7, 11) is 3.34. The molecule has 0 saturated carbocycles. The molecule has 0 aromatic carbocycles. The lowest BCUT2D eigenvalue weighted by atomic mass is 9.89. The van der Waals surface area contributed by atoms with Crippen LogP contribution in [-0.2, 0) is 0 Å². The summed E-state index contributed by atoms with van der Waals surface area (Å²) in [4.78, 5) is 0. The maximum absolute atomic E-state index is 3.43. The van der Waals surface area contributed by atoms with E-state index in [1.54, 1.807) is 0 Å². The monoisotopic (exact) mass is 173 g/mol.